The zero-order chi connectivity index (χ0) is 28.0. The molecule has 4 aromatic rings. The van der Waals surface area contributed by atoms with Crippen molar-refractivity contribution in [3.8, 4) is 11.5 Å². The number of nitrogens with zero attached hydrogens (tertiary/aromatic N) is 2. The second kappa shape index (κ2) is 11.6. The van der Waals surface area contributed by atoms with Crippen LogP contribution in [-0.4, -0.2) is 42.6 Å². The van der Waals surface area contributed by atoms with E-state index in [9.17, 15) is 21.6 Å². The van der Waals surface area contributed by atoms with Gasteiger partial charge in [-0.1, -0.05) is 42.5 Å². The molecular weight excluding hydrogens is 538 g/mol. The number of hydrogen-bond acceptors (Lipinski definition) is 6. The number of amides is 1. The Morgan fingerprint density at radius 1 is 0.744 bits per heavy atom. The molecule has 0 fully saturated rings. The van der Waals surface area contributed by atoms with Gasteiger partial charge in [-0.3, -0.25) is 13.4 Å². The van der Waals surface area contributed by atoms with Crippen molar-refractivity contribution in [3.63, 3.8) is 0 Å². The zero-order valence-electron chi connectivity index (χ0n) is 21.3. The number of rotatable bonds is 10. The molecule has 0 aliphatic rings. The van der Waals surface area contributed by atoms with Crippen LogP contribution in [0.25, 0.3) is 0 Å². The third-order valence-electron chi connectivity index (χ3n) is 5.71. The van der Waals surface area contributed by atoms with Gasteiger partial charge in [0.1, 0.15) is 18.0 Å². The van der Waals surface area contributed by atoms with Crippen molar-refractivity contribution >= 4 is 43.0 Å². The Morgan fingerprint density at radius 2 is 1.33 bits per heavy atom. The van der Waals surface area contributed by atoms with Crippen molar-refractivity contribution in [1.82, 2.24) is 0 Å². The first-order valence-corrected chi connectivity index (χ1v) is 15.1. The SMILES string of the molecule is CN(c1cccc(NC(=O)CN(c2ccc(Oc3ccccc3)cc2)S(=O)(=O)c2ccccc2)c1)S(C)(=O)=O. The highest BCUT2D eigenvalue weighted by Crippen LogP contribution is 2.28. The maximum Gasteiger partial charge on any atom is 0.264 e. The highest BCUT2D eigenvalue weighted by molar-refractivity contribution is 7.93. The third-order valence-corrected chi connectivity index (χ3v) is 8.71. The second-order valence-electron chi connectivity index (χ2n) is 8.56. The van der Waals surface area contributed by atoms with E-state index in [1.54, 1.807) is 72.8 Å². The number of benzene rings is 4. The number of carbonyl (C=O) groups excluding carboxylic acids is 1. The first-order chi connectivity index (χ1) is 18.5. The van der Waals surface area contributed by atoms with Gasteiger partial charge in [0.2, 0.25) is 15.9 Å². The molecule has 0 heterocycles. The van der Waals surface area contributed by atoms with Gasteiger partial charge < -0.3 is 10.1 Å². The van der Waals surface area contributed by atoms with E-state index in [4.69, 9.17) is 4.74 Å². The van der Waals surface area contributed by atoms with E-state index in [0.717, 1.165) is 14.9 Å². The van der Waals surface area contributed by atoms with Crippen molar-refractivity contribution in [1.29, 1.82) is 0 Å². The topological polar surface area (TPSA) is 113 Å². The van der Waals surface area contributed by atoms with Crippen molar-refractivity contribution in [2.75, 3.05) is 33.8 Å². The molecule has 0 spiro atoms. The number of para-hydroxylation sites is 1. The van der Waals surface area contributed by atoms with Crippen molar-refractivity contribution in [3.05, 3.63) is 109 Å². The van der Waals surface area contributed by atoms with Gasteiger partial charge >= 0.3 is 0 Å². The Labute approximate surface area is 228 Å². The van der Waals surface area contributed by atoms with Crippen LogP contribution in [0.1, 0.15) is 0 Å². The summed E-state index contributed by atoms with van der Waals surface area (Å²) < 4.78 is 58.9. The maximum absolute atomic E-state index is 13.6. The van der Waals surface area contributed by atoms with Gasteiger partial charge in [0, 0.05) is 12.7 Å². The largest absolute Gasteiger partial charge is 0.457 e. The molecule has 0 saturated carbocycles. The van der Waals surface area contributed by atoms with Gasteiger partial charge in [0.15, 0.2) is 0 Å². The fraction of sp³-hybridized carbons (Fsp3) is 0.107. The van der Waals surface area contributed by atoms with Crippen LogP contribution in [-0.2, 0) is 24.8 Å². The van der Waals surface area contributed by atoms with Crippen molar-refractivity contribution < 1.29 is 26.4 Å². The van der Waals surface area contributed by atoms with Crippen LogP contribution in [0.4, 0.5) is 17.1 Å². The Balaban J connectivity index is 1.60. The smallest absolute Gasteiger partial charge is 0.264 e. The molecule has 0 saturated heterocycles. The molecule has 4 rings (SSSR count). The van der Waals surface area contributed by atoms with E-state index in [0.29, 0.717) is 22.9 Å². The van der Waals surface area contributed by atoms with E-state index in [2.05, 4.69) is 5.32 Å². The molecule has 202 valence electrons. The van der Waals surface area contributed by atoms with Crippen LogP contribution in [0.5, 0.6) is 11.5 Å². The van der Waals surface area contributed by atoms with Crippen LogP contribution in [0.15, 0.2) is 114 Å². The summed E-state index contributed by atoms with van der Waals surface area (Å²) in [6.45, 7) is -0.526. The molecule has 11 heteroatoms. The minimum atomic E-state index is -4.11. The van der Waals surface area contributed by atoms with Crippen molar-refractivity contribution in [2.45, 2.75) is 4.90 Å². The lowest BCUT2D eigenvalue weighted by Gasteiger charge is -2.24. The van der Waals surface area contributed by atoms with Gasteiger partial charge in [-0.05, 0) is 66.7 Å². The van der Waals surface area contributed by atoms with E-state index in [-0.39, 0.29) is 10.6 Å². The van der Waals surface area contributed by atoms with E-state index in [1.165, 1.54) is 25.2 Å². The van der Waals surface area contributed by atoms with E-state index >= 15 is 0 Å². The number of anilines is 3. The fourth-order valence-electron chi connectivity index (χ4n) is 3.64. The first kappa shape index (κ1) is 27.7. The molecule has 0 aliphatic carbocycles. The number of nitrogens with one attached hydrogen (secondary N) is 1. The van der Waals surface area contributed by atoms with Gasteiger partial charge in [0.05, 0.1) is 22.5 Å². The first-order valence-electron chi connectivity index (χ1n) is 11.8. The molecule has 39 heavy (non-hydrogen) atoms. The Bertz CT molecular complexity index is 1640. The summed E-state index contributed by atoms with van der Waals surface area (Å²) >= 11 is 0. The molecular formula is C28H27N3O6S2. The molecule has 4 aromatic carbocycles. The Hall–Kier alpha value is -4.35. The van der Waals surface area contributed by atoms with Crippen LogP contribution in [0, 0.1) is 0 Å². The van der Waals surface area contributed by atoms with Crippen molar-refractivity contribution in [2.24, 2.45) is 0 Å². The molecule has 9 nitrogen and oxygen atoms in total. The Morgan fingerprint density at radius 3 is 1.95 bits per heavy atom. The lowest BCUT2D eigenvalue weighted by atomic mass is 10.2. The summed E-state index contributed by atoms with van der Waals surface area (Å²) in [6.07, 6.45) is 1.07. The monoisotopic (exact) mass is 565 g/mol. The van der Waals surface area contributed by atoms with Crippen LogP contribution >= 0.6 is 0 Å². The summed E-state index contributed by atoms with van der Waals surface area (Å²) in [4.78, 5) is 13.1. The van der Waals surface area contributed by atoms with Gasteiger partial charge in [-0.2, -0.15) is 0 Å². The number of hydrogen-bond donors (Lipinski definition) is 1. The summed E-state index contributed by atoms with van der Waals surface area (Å²) in [7, 11) is -6.22. The van der Waals surface area contributed by atoms with Crippen LogP contribution < -0.4 is 18.7 Å². The van der Waals surface area contributed by atoms with Gasteiger partial charge in [0.25, 0.3) is 10.0 Å². The molecule has 1 N–H and O–H groups in total. The minimum Gasteiger partial charge on any atom is -0.457 e. The summed E-state index contributed by atoms with van der Waals surface area (Å²) in [5.74, 6) is 0.513. The summed E-state index contributed by atoms with van der Waals surface area (Å²) in [5, 5.41) is 2.67. The maximum atomic E-state index is 13.6. The molecule has 1 amide bonds. The summed E-state index contributed by atoms with van der Waals surface area (Å²) in [5.41, 5.74) is 0.926. The van der Waals surface area contributed by atoms with E-state index < -0.39 is 32.5 Å². The standard InChI is InChI=1S/C28H27N3O6S2/c1-30(38(2,33)34)24-11-9-10-22(20-24)29-28(32)21-31(39(35,36)27-14-7-4-8-15-27)23-16-18-26(19-17-23)37-25-12-5-3-6-13-25/h3-20H,21H2,1-2H3,(H,29,32). The average Bonchev–Trinajstić information content (AvgIpc) is 2.92. The molecule has 0 bridgehead atoms. The predicted octanol–water partition coefficient (Wildman–Crippen LogP) is 4.71. The highest BCUT2D eigenvalue weighted by Gasteiger charge is 2.27. The average molecular weight is 566 g/mol. The third kappa shape index (κ3) is 6.95. The molecule has 0 unspecified atom stereocenters. The lowest BCUT2D eigenvalue weighted by Crippen LogP contribution is -2.38. The quantitative estimate of drug-likeness (QED) is 0.298. The van der Waals surface area contributed by atoms with Crippen LogP contribution in [0.3, 0.4) is 0 Å². The molecule has 0 aromatic heterocycles. The zero-order valence-corrected chi connectivity index (χ0v) is 22.9. The Kier molecular flexibility index (Phi) is 8.22. The highest BCUT2D eigenvalue weighted by atomic mass is 32.2. The molecule has 0 radical (unpaired) electrons. The predicted molar refractivity (Wildman–Crippen MR) is 152 cm³/mol. The second-order valence-corrected chi connectivity index (χ2v) is 12.4. The lowest BCUT2D eigenvalue weighted by molar-refractivity contribution is -0.114. The normalized spacial score (nSPS) is 11.4. The summed E-state index contributed by atoms with van der Waals surface area (Å²) in [6, 6.07) is 29.6. The fourth-order valence-corrected chi connectivity index (χ4v) is 5.58. The number of sulfonamides is 2. The number of carbonyl (C=O) groups is 1. The minimum absolute atomic E-state index is 0.0270. The van der Waals surface area contributed by atoms with Gasteiger partial charge in [-0.15, -0.1) is 0 Å². The molecule has 0 atom stereocenters. The van der Waals surface area contributed by atoms with E-state index in [1.807, 2.05) is 18.2 Å². The number of ether oxygens (including phenoxy) is 1. The molecule has 0 aliphatic heterocycles. The van der Waals surface area contributed by atoms with Crippen LogP contribution in [0.2, 0.25) is 0 Å². The van der Waals surface area contributed by atoms with Gasteiger partial charge in [-0.25, -0.2) is 16.8 Å².